The number of rotatable bonds is 3. The molecule has 0 saturated carbocycles. The van der Waals surface area contributed by atoms with E-state index in [1.807, 2.05) is 30.9 Å². The zero-order chi connectivity index (χ0) is 16.2. The first kappa shape index (κ1) is 15.3. The van der Waals surface area contributed by atoms with Gasteiger partial charge in [-0.1, -0.05) is 0 Å². The van der Waals surface area contributed by atoms with Gasteiger partial charge in [0.1, 0.15) is 12.1 Å². The van der Waals surface area contributed by atoms with E-state index >= 15 is 0 Å². The molecule has 2 aromatic rings. The van der Waals surface area contributed by atoms with Crippen molar-refractivity contribution in [3.8, 4) is 0 Å². The van der Waals surface area contributed by atoms with Crippen molar-refractivity contribution in [2.24, 2.45) is 0 Å². The van der Waals surface area contributed by atoms with Crippen LogP contribution < -0.4 is 5.32 Å². The smallest absolute Gasteiger partial charge is 0.257 e. The molecule has 1 saturated heterocycles. The second-order valence-corrected chi connectivity index (χ2v) is 5.79. The van der Waals surface area contributed by atoms with Gasteiger partial charge in [0.05, 0.1) is 17.0 Å². The summed E-state index contributed by atoms with van der Waals surface area (Å²) in [4.78, 5) is 22.4. The normalized spacial score (nSPS) is 15.5. The van der Waals surface area contributed by atoms with E-state index in [1.165, 1.54) is 6.33 Å². The van der Waals surface area contributed by atoms with E-state index in [2.05, 4.69) is 25.5 Å². The zero-order valence-electron chi connectivity index (χ0n) is 13.4. The zero-order valence-corrected chi connectivity index (χ0v) is 13.4. The maximum absolute atomic E-state index is 12.5. The molecule has 0 aromatic carbocycles. The van der Waals surface area contributed by atoms with Gasteiger partial charge in [-0.2, -0.15) is 5.10 Å². The molecule has 3 rings (SSSR count). The van der Waals surface area contributed by atoms with E-state index in [4.69, 9.17) is 0 Å². The molecule has 0 atom stereocenters. The lowest BCUT2D eigenvalue weighted by Crippen LogP contribution is -2.42. The number of hydrogen-bond donors (Lipinski definition) is 1. The largest absolute Gasteiger partial charge is 0.366 e. The molecular formula is C16H20N6O. The number of carbonyl (C=O) groups excluding carboxylic acids is 1. The molecule has 3 heterocycles. The lowest BCUT2D eigenvalue weighted by Gasteiger charge is -2.32. The predicted molar refractivity (Wildman–Crippen MR) is 86.1 cm³/mol. The first-order valence-electron chi connectivity index (χ1n) is 7.76. The maximum Gasteiger partial charge on any atom is 0.257 e. The van der Waals surface area contributed by atoms with Gasteiger partial charge in [-0.3, -0.25) is 4.79 Å². The summed E-state index contributed by atoms with van der Waals surface area (Å²) in [6.07, 6.45) is 4.82. The van der Waals surface area contributed by atoms with Crippen LogP contribution in [0.15, 0.2) is 24.7 Å². The molecule has 1 amide bonds. The van der Waals surface area contributed by atoms with E-state index < -0.39 is 0 Å². The van der Waals surface area contributed by atoms with E-state index in [0.29, 0.717) is 24.7 Å². The first-order valence-corrected chi connectivity index (χ1v) is 7.76. The van der Waals surface area contributed by atoms with Crippen molar-refractivity contribution in [3.63, 3.8) is 0 Å². The number of carbonyl (C=O) groups is 1. The first-order chi connectivity index (χ1) is 11.1. The second-order valence-electron chi connectivity index (χ2n) is 5.79. The third-order valence-corrected chi connectivity index (χ3v) is 4.07. The Bertz CT molecular complexity index is 679. The summed E-state index contributed by atoms with van der Waals surface area (Å²) in [5.41, 5.74) is 2.21. The maximum atomic E-state index is 12.5. The van der Waals surface area contributed by atoms with Crippen molar-refractivity contribution in [2.75, 3.05) is 18.4 Å². The average Bonchev–Trinajstić information content (AvgIpc) is 2.57. The number of piperidine rings is 1. The minimum atomic E-state index is 0.0108. The van der Waals surface area contributed by atoms with Crippen molar-refractivity contribution < 1.29 is 4.79 Å². The van der Waals surface area contributed by atoms with Crippen LogP contribution in [0, 0.1) is 13.8 Å². The molecule has 0 bridgehead atoms. The summed E-state index contributed by atoms with van der Waals surface area (Å²) in [5, 5.41) is 11.6. The van der Waals surface area contributed by atoms with Crippen LogP contribution in [-0.2, 0) is 0 Å². The fraction of sp³-hybridized carbons (Fsp3) is 0.438. The molecule has 7 heteroatoms. The Morgan fingerprint density at radius 2 is 2.00 bits per heavy atom. The molecular weight excluding hydrogens is 292 g/mol. The molecule has 2 aromatic heterocycles. The van der Waals surface area contributed by atoms with Crippen LogP contribution in [0.1, 0.15) is 34.6 Å². The summed E-state index contributed by atoms with van der Waals surface area (Å²) >= 11 is 0. The summed E-state index contributed by atoms with van der Waals surface area (Å²) in [6, 6.07) is 4.18. The van der Waals surface area contributed by atoms with E-state index in [9.17, 15) is 4.79 Å². The number of nitrogens with zero attached hydrogens (tertiary/aromatic N) is 5. The van der Waals surface area contributed by atoms with Gasteiger partial charge in [-0.25, -0.2) is 9.97 Å². The third-order valence-electron chi connectivity index (χ3n) is 4.07. The highest BCUT2D eigenvalue weighted by atomic mass is 16.2. The van der Waals surface area contributed by atoms with Crippen molar-refractivity contribution in [1.29, 1.82) is 0 Å². The standard InChI is InChI=1S/C16H20N6O/c1-11-3-4-15(21-20-11)19-13-5-7-22(8-6-13)16(23)14-9-17-10-18-12(14)2/h3-4,9-10,13H,5-8H2,1-2H3,(H,19,21). The van der Waals surface area contributed by atoms with E-state index in [-0.39, 0.29) is 5.91 Å². The van der Waals surface area contributed by atoms with Crippen LogP contribution in [-0.4, -0.2) is 50.1 Å². The van der Waals surface area contributed by atoms with Gasteiger partial charge in [0.15, 0.2) is 0 Å². The van der Waals surface area contributed by atoms with Crippen LogP contribution in [0.25, 0.3) is 0 Å². The minimum absolute atomic E-state index is 0.0108. The number of aryl methyl sites for hydroxylation is 2. The van der Waals surface area contributed by atoms with Crippen molar-refractivity contribution >= 4 is 11.7 Å². The average molecular weight is 312 g/mol. The van der Waals surface area contributed by atoms with Crippen molar-refractivity contribution in [2.45, 2.75) is 32.7 Å². The van der Waals surface area contributed by atoms with Crippen molar-refractivity contribution in [1.82, 2.24) is 25.1 Å². The highest BCUT2D eigenvalue weighted by molar-refractivity contribution is 5.94. The summed E-state index contributed by atoms with van der Waals surface area (Å²) in [6.45, 7) is 5.17. The lowest BCUT2D eigenvalue weighted by atomic mass is 10.0. The van der Waals surface area contributed by atoms with Crippen LogP contribution in [0.3, 0.4) is 0 Å². The highest BCUT2D eigenvalue weighted by Gasteiger charge is 2.25. The summed E-state index contributed by atoms with van der Waals surface area (Å²) < 4.78 is 0. The quantitative estimate of drug-likeness (QED) is 0.927. The van der Waals surface area contributed by atoms with Gasteiger partial charge >= 0.3 is 0 Å². The Kier molecular flexibility index (Phi) is 4.45. The van der Waals surface area contributed by atoms with E-state index in [0.717, 1.165) is 30.0 Å². The summed E-state index contributed by atoms with van der Waals surface area (Å²) in [5.74, 6) is 0.796. The van der Waals surface area contributed by atoms with Gasteiger partial charge in [-0.05, 0) is 38.8 Å². The number of aromatic nitrogens is 4. The molecule has 120 valence electrons. The molecule has 7 nitrogen and oxygen atoms in total. The summed E-state index contributed by atoms with van der Waals surface area (Å²) in [7, 11) is 0. The molecule has 1 fully saturated rings. The fourth-order valence-corrected chi connectivity index (χ4v) is 2.68. The molecule has 1 aliphatic heterocycles. The lowest BCUT2D eigenvalue weighted by molar-refractivity contribution is 0.0716. The molecule has 1 N–H and O–H groups in total. The van der Waals surface area contributed by atoms with Crippen LogP contribution in [0.4, 0.5) is 5.82 Å². The van der Waals surface area contributed by atoms with Gasteiger partial charge in [-0.15, -0.1) is 5.10 Å². The Morgan fingerprint density at radius 1 is 1.22 bits per heavy atom. The molecule has 23 heavy (non-hydrogen) atoms. The molecule has 0 unspecified atom stereocenters. The SMILES string of the molecule is Cc1ccc(NC2CCN(C(=O)c3cncnc3C)CC2)nn1. The van der Waals surface area contributed by atoms with E-state index in [1.54, 1.807) is 6.20 Å². The van der Waals surface area contributed by atoms with Crippen molar-refractivity contribution in [3.05, 3.63) is 41.6 Å². The van der Waals surface area contributed by atoms with Crippen LogP contribution in [0.2, 0.25) is 0 Å². The van der Waals surface area contributed by atoms with Gasteiger partial charge < -0.3 is 10.2 Å². The number of hydrogen-bond acceptors (Lipinski definition) is 6. The number of likely N-dealkylation sites (tertiary alicyclic amines) is 1. The Balaban J connectivity index is 1.57. The monoisotopic (exact) mass is 312 g/mol. The molecule has 0 spiro atoms. The Labute approximate surface area is 135 Å². The van der Waals surface area contributed by atoms with Gasteiger partial charge in [0.25, 0.3) is 5.91 Å². The second kappa shape index (κ2) is 6.68. The number of amides is 1. The fourth-order valence-electron chi connectivity index (χ4n) is 2.68. The van der Waals surface area contributed by atoms with Gasteiger partial charge in [0.2, 0.25) is 0 Å². The predicted octanol–water partition coefficient (Wildman–Crippen LogP) is 1.60. The molecule has 1 aliphatic rings. The Hall–Kier alpha value is -2.57. The van der Waals surface area contributed by atoms with Crippen LogP contribution >= 0.6 is 0 Å². The topological polar surface area (TPSA) is 83.9 Å². The molecule has 0 radical (unpaired) electrons. The molecule has 0 aliphatic carbocycles. The minimum Gasteiger partial charge on any atom is -0.366 e. The Morgan fingerprint density at radius 3 is 2.65 bits per heavy atom. The van der Waals surface area contributed by atoms with Crippen LogP contribution in [0.5, 0.6) is 0 Å². The third kappa shape index (κ3) is 3.61. The number of anilines is 1. The number of nitrogens with one attached hydrogen (secondary N) is 1. The van der Waals surface area contributed by atoms with Gasteiger partial charge in [0, 0.05) is 25.3 Å². The highest BCUT2D eigenvalue weighted by Crippen LogP contribution is 2.17.